The molecule has 1 atom stereocenters. The van der Waals surface area contributed by atoms with Crippen LogP contribution in [0.3, 0.4) is 0 Å². The van der Waals surface area contributed by atoms with Crippen molar-refractivity contribution in [2.75, 3.05) is 13.2 Å². The minimum atomic E-state index is -4.98. The molecule has 5 rings (SSSR count). The predicted molar refractivity (Wildman–Crippen MR) is 124 cm³/mol. The number of nitrogens with one attached hydrogen (secondary N) is 1. The predicted octanol–water partition coefficient (Wildman–Crippen LogP) is 5.56. The molecule has 0 radical (unpaired) electrons. The number of hydrogen-bond donors (Lipinski definition) is 1. The Morgan fingerprint density at radius 2 is 1.61 bits per heavy atom. The van der Waals surface area contributed by atoms with Gasteiger partial charge in [0.2, 0.25) is 10.0 Å². The van der Waals surface area contributed by atoms with Crippen molar-refractivity contribution >= 4 is 21.0 Å². The van der Waals surface area contributed by atoms with Crippen molar-refractivity contribution in [1.82, 2.24) is 4.72 Å². The summed E-state index contributed by atoms with van der Waals surface area (Å²) in [6.45, 7) is 0.787. The van der Waals surface area contributed by atoms with Gasteiger partial charge < -0.3 is 18.6 Å². The minimum absolute atomic E-state index is 0.0770. The van der Waals surface area contributed by atoms with Crippen LogP contribution in [0.2, 0.25) is 0 Å². The summed E-state index contributed by atoms with van der Waals surface area (Å²) in [6.07, 6.45) is -4.35. The smallest absolute Gasteiger partial charge is 0.490 e. The van der Waals surface area contributed by atoms with Crippen LogP contribution in [-0.2, 0) is 10.0 Å². The fraction of sp³-hybridized carbons (Fsp3) is 0.200. The lowest BCUT2D eigenvalue weighted by molar-refractivity contribution is -0.275. The Balaban J connectivity index is 1.59. The van der Waals surface area contributed by atoms with Gasteiger partial charge in [0.05, 0.1) is 18.1 Å². The van der Waals surface area contributed by atoms with Crippen LogP contribution in [0, 0.1) is 0 Å². The molecular weight excluding hydrogens is 499 g/mol. The summed E-state index contributed by atoms with van der Waals surface area (Å²) in [7, 11) is -4.28. The van der Waals surface area contributed by atoms with Crippen molar-refractivity contribution in [2.45, 2.75) is 23.7 Å². The van der Waals surface area contributed by atoms with E-state index in [1.807, 2.05) is 0 Å². The molecule has 1 aromatic heterocycles. The van der Waals surface area contributed by atoms with Gasteiger partial charge in [-0.3, -0.25) is 0 Å². The molecule has 7 nitrogen and oxygen atoms in total. The maximum Gasteiger partial charge on any atom is 0.573 e. The maximum absolute atomic E-state index is 13.5. The second kappa shape index (κ2) is 9.40. The summed E-state index contributed by atoms with van der Waals surface area (Å²) in [5.41, 5.74) is 0.369. The molecule has 2 heterocycles. The maximum atomic E-state index is 13.5. The van der Waals surface area contributed by atoms with E-state index in [1.54, 1.807) is 30.3 Å². The summed E-state index contributed by atoms with van der Waals surface area (Å²) in [5, 5.41) is 0.654. The first-order chi connectivity index (χ1) is 17.2. The van der Waals surface area contributed by atoms with Crippen LogP contribution in [0.15, 0.2) is 82.1 Å². The van der Waals surface area contributed by atoms with Crippen LogP contribution in [0.25, 0.3) is 11.0 Å². The summed E-state index contributed by atoms with van der Waals surface area (Å²) in [6, 6.07) is 16.6. The van der Waals surface area contributed by atoms with Crippen molar-refractivity contribution in [3.63, 3.8) is 0 Å². The number of hydrogen-bond acceptors (Lipinski definition) is 6. The van der Waals surface area contributed by atoms with Crippen molar-refractivity contribution in [1.29, 1.82) is 0 Å². The number of sulfonamides is 1. The first-order valence-corrected chi connectivity index (χ1v) is 12.4. The van der Waals surface area contributed by atoms with Crippen LogP contribution in [0.5, 0.6) is 17.2 Å². The van der Waals surface area contributed by atoms with E-state index in [1.165, 1.54) is 36.4 Å². The monoisotopic (exact) mass is 519 g/mol. The lowest BCUT2D eigenvalue weighted by Gasteiger charge is -2.21. The third-order valence-electron chi connectivity index (χ3n) is 5.49. The highest BCUT2D eigenvalue weighted by atomic mass is 32.2. The molecule has 0 saturated heterocycles. The van der Waals surface area contributed by atoms with Gasteiger partial charge in [-0.1, -0.05) is 36.4 Å². The average molecular weight is 519 g/mol. The molecule has 1 N–H and O–H groups in total. The molecule has 4 aromatic rings. The zero-order valence-corrected chi connectivity index (χ0v) is 19.4. The molecule has 0 bridgehead atoms. The number of furan rings is 1. The molecule has 11 heteroatoms. The molecule has 188 valence electrons. The zero-order chi connectivity index (χ0) is 25.3. The van der Waals surface area contributed by atoms with Crippen LogP contribution in [0.1, 0.15) is 23.8 Å². The molecule has 3 aromatic carbocycles. The highest BCUT2D eigenvalue weighted by Gasteiger charge is 2.35. The van der Waals surface area contributed by atoms with E-state index >= 15 is 0 Å². The molecule has 0 aliphatic carbocycles. The number of halogens is 3. The molecular formula is C25H20F3NO6S. The number of fused-ring (bicyclic) bond motifs is 2. The van der Waals surface area contributed by atoms with Gasteiger partial charge in [-0.15, -0.1) is 13.2 Å². The van der Waals surface area contributed by atoms with Crippen LogP contribution in [0.4, 0.5) is 13.2 Å². The van der Waals surface area contributed by atoms with E-state index < -0.39 is 28.2 Å². The van der Waals surface area contributed by atoms with Crippen molar-refractivity contribution < 1.29 is 40.2 Å². The summed E-state index contributed by atoms with van der Waals surface area (Å²) in [5.74, 6) is 0.199. The molecule has 1 aliphatic rings. The fourth-order valence-corrected chi connectivity index (χ4v) is 5.09. The second-order valence-corrected chi connectivity index (χ2v) is 9.70. The number of alkyl halides is 3. The van der Waals surface area contributed by atoms with E-state index in [0.29, 0.717) is 36.4 Å². The van der Waals surface area contributed by atoms with Gasteiger partial charge in [0.1, 0.15) is 23.1 Å². The molecule has 0 amide bonds. The van der Waals surface area contributed by atoms with Crippen molar-refractivity contribution in [3.8, 4) is 17.2 Å². The van der Waals surface area contributed by atoms with Gasteiger partial charge in [0.25, 0.3) is 0 Å². The van der Waals surface area contributed by atoms with Crippen LogP contribution >= 0.6 is 0 Å². The SMILES string of the molecule is O=S(=O)(NC(c1cc2ccccc2o1)c1ccccc1OC(F)(F)F)c1ccc2c(c1)OCCCO2. The normalized spacial score (nSPS) is 14.9. The Morgan fingerprint density at radius 3 is 2.39 bits per heavy atom. The topological polar surface area (TPSA) is 87.0 Å². The van der Waals surface area contributed by atoms with Crippen LogP contribution in [-0.4, -0.2) is 28.0 Å². The number of ether oxygens (including phenoxy) is 3. The molecule has 0 fully saturated rings. The fourth-order valence-electron chi connectivity index (χ4n) is 3.89. The third-order valence-corrected chi connectivity index (χ3v) is 6.91. The summed E-state index contributed by atoms with van der Waals surface area (Å²) in [4.78, 5) is -0.151. The Labute approximate surface area is 204 Å². The largest absolute Gasteiger partial charge is 0.573 e. The Kier molecular flexibility index (Phi) is 6.27. The average Bonchev–Trinajstić information content (AvgIpc) is 3.12. The van der Waals surface area contributed by atoms with Gasteiger partial charge in [-0.25, -0.2) is 8.42 Å². The van der Waals surface area contributed by atoms with E-state index in [0.717, 1.165) is 6.07 Å². The Hall–Kier alpha value is -3.70. The van der Waals surface area contributed by atoms with E-state index in [9.17, 15) is 21.6 Å². The van der Waals surface area contributed by atoms with Crippen molar-refractivity contribution in [2.24, 2.45) is 0 Å². The first kappa shape index (κ1) is 24.0. The third kappa shape index (κ3) is 5.12. The summed E-state index contributed by atoms with van der Waals surface area (Å²) < 4.78 is 90.0. The molecule has 0 spiro atoms. The minimum Gasteiger partial charge on any atom is -0.490 e. The molecule has 1 unspecified atom stereocenters. The highest BCUT2D eigenvalue weighted by Crippen LogP contribution is 2.37. The number of benzene rings is 3. The van der Waals surface area contributed by atoms with E-state index in [4.69, 9.17) is 13.9 Å². The number of para-hydroxylation sites is 2. The number of rotatable bonds is 6. The highest BCUT2D eigenvalue weighted by molar-refractivity contribution is 7.89. The van der Waals surface area contributed by atoms with Gasteiger partial charge in [-0.05, 0) is 30.3 Å². The lowest BCUT2D eigenvalue weighted by Crippen LogP contribution is -2.30. The van der Waals surface area contributed by atoms with E-state index in [2.05, 4.69) is 9.46 Å². The first-order valence-electron chi connectivity index (χ1n) is 10.9. The quantitative estimate of drug-likeness (QED) is 0.359. The van der Waals surface area contributed by atoms with Crippen LogP contribution < -0.4 is 18.9 Å². The van der Waals surface area contributed by atoms with E-state index in [-0.39, 0.29) is 22.0 Å². The molecule has 36 heavy (non-hydrogen) atoms. The summed E-state index contributed by atoms with van der Waals surface area (Å²) >= 11 is 0. The molecule has 0 saturated carbocycles. The standard InChI is InChI=1S/C25H20F3NO6S/c26-25(27,28)35-20-9-4-2-7-18(20)24(23-14-16-6-1-3-8-19(16)34-23)29-36(30,31)17-10-11-21-22(15-17)33-13-5-12-32-21/h1-4,6-11,14-15,24,29H,5,12-13H2. The zero-order valence-electron chi connectivity index (χ0n) is 18.6. The van der Waals surface area contributed by atoms with Gasteiger partial charge >= 0.3 is 6.36 Å². The van der Waals surface area contributed by atoms with Gasteiger partial charge in [0.15, 0.2) is 11.5 Å². The lowest BCUT2D eigenvalue weighted by atomic mass is 10.0. The second-order valence-electron chi connectivity index (χ2n) is 7.99. The molecule has 1 aliphatic heterocycles. The van der Waals surface area contributed by atoms with Gasteiger partial charge in [0, 0.05) is 23.4 Å². The Bertz CT molecular complexity index is 1470. The van der Waals surface area contributed by atoms with Gasteiger partial charge in [-0.2, -0.15) is 4.72 Å². The van der Waals surface area contributed by atoms with Crippen molar-refractivity contribution in [3.05, 3.63) is 84.1 Å². The Morgan fingerprint density at radius 1 is 0.889 bits per heavy atom.